The number of rotatable bonds is 5. The molecule has 0 aliphatic carbocycles. The number of nitrogens with two attached hydrogens (primary N) is 1. The summed E-state index contributed by atoms with van der Waals surface area (Å²) in [6, 6.07) is -0.0639. The van der Waals surface area contributed by atoms with Crippen molar-refractivity contribution in [2.24, 2.45) is 5.73 Å². The summed E-state index contributed by atoms with van der Waals surface area (Å²) in [6.07, 6.45) is 3.35. The van der Waals surface area contributed by atoms with Crippen molar-refractivity contribution < 1.29 is 4.79 Å². The maximum atomic E-state index is 11.2. The molecule has 0 aromatic heterocycles. The quantitative estimate of drug-likeness (QED) is 0.588. The predicted molar refractivity (Wildman–Crippen MR) is 60.6 cm³/mol. The van der Waals surface area contributed by atoms with E-state index >= 15 is 0 Å². The molecule has 4 nitrogen and oxygen atoms in total. The van der Waals surface area contributed by atoms with Gasteiger partial charge in [0, 0.05) is 18.3 Å². The summed E-state index contributed by atoms with van der Waals surface area (Å²) in [6.45, 7) is 2.08. The fourth-order valence-corrected chi connectivity index (χ4v) is 2.58. The van der Waals surface area contributed by atoms with Crippen LogP contribution in [0.2, 0.25) is 0 Å². The van der Waals surface area contributed by atoms with Crippen molar-refractivity contribution in [3.8, 4) is 0 Å². The third-order valence-corrected chi connectivity index (χ3v) is 3.58. The van der Waals surface area contributed by atoms with Crippen LogP contribution in [0.1, 0.15) is 19.3 Å². The van der Waals surface area contributed by atoms with Gasteiger partial charge in [0.15, 0.2) is 0 Å². The molecular weight excluding hydrogens is 198 g/mol. The molecule has 82 valence electrons. The van der Waals surface area contributed by atoms with Crippen LogP contribution in [-0.4, -0.2) is 36.7 Å². The van der Waals surface area contributed by atoms with Crippen LogP contribution in [0.5, 0.6) is 0 Å². The molecule has 1 rings (SSSR count). The molecule has 1 aliphatic rings. The summed E-state index contributed by atoms with van der Waals surface area (Å²) in [4.78, 5) is 11.2. The van der Waals surface area contributed by atoms with Crippen LogP contribution in [0.3, 0.4) is 0 Å². The van der Waals surface area contributed by atoms with Gasteiger partial charge in [-0.2, -0.15) is 11.8 Å². The molecule has 0 aromatic rings. The van der Waals surface area contributed by atoms with Gasteiger partial charge >= 0.3 is 6.03 Å². The van der Waals surface area contributed by atoms with Gasteiger partial charge in [-0.3, -0.25) is 0 Å². The first kappa shape index (κ1) is 11.7. The second-order valence-electron chi connectivity index (χ2n) is 3.41. The first-order valence-electron chi connectivity index (χ1n) is 5.16. The lowest BCUT2D eigenvalue weighted by Gasteiger charge is -2.10. The number of carbonyl (C=O) groups is 1. The zero-order valence-electron chi connectivity index (χ0n) is 8.42. The Morgan fingerprint density at radius 2 is 2.36 bits per heavy atom. The summed E-state index contributed by atoms with van der Waals surface area (Å²) in [5.74, 6) is 1.24. The maximum Gasteiger partial charge on any atom is 0.314 e. The van der Waals surface area contributed by atoms with Gasteiger partial charge in [0.1, 0.15) is 0 Å². The molecule has 0 saturated carbocycles. The van der Waals surface area contributed by atoms with E-state index in [2.05, 4.69) is 10.6 Å². The van der Waals surface area contributed by atoms with E-state index in [0.29, 0.717) is 18.3 Å². The molecular formula is C9H19N3OS. The van der Waals surface area contributed by atoms with E-state index in [-0.39, 0.29) is 6.03 Å². The molecule has 14 heavy (non-hydrogen) atoms. The van der Waals surface area contributed by atoms with E-state index in [9.17, 15) is 4.79 Å². The van der Waals surface area contributed by atoms with Crippen LogP contribution in [0.15, 0.2) is 0 Å². The Labute approximate surface area is 89.4 Å². The maximum absolute atomic E-state index is 11.2. The normalized spacial score (nSPS) is 20.8. The highest BCUT2D eigenvalue weighted by Crippen LogP contribution is 2.24. The Morgan fingerprint density at radius 3 is 3.00 bits per heavy atom. The highest BCUT2D eigenvalue weighted by atomic mass is 32.2. The zero-order valence-corrected chi connectivity index (χ0v) is 9.24. The SMILES string of the molecule is NCCCNC(=O)NCC1CCCS1. The summed E-state index contributed by atoms with van der Waals surface area (Å²) >= 11 is 1.95. The van der Waals surface area contributed by atoms with E-state index in [4.69, 9.17) is 5.73 Å². The van der Waals surface area contributed by atoms with Crippen molar-refractivity contribution in [1.82, 2.24) is 10.6 Å². The number of nitrogens with one attached hydrogen (secondary N) is 2. The smallest absolute Gasteiger partial charge is 0.314 e. The van der Waals surface area contributed by atoms with Crippen molar-refractivity contribution in [3.63, 3.8) is 0 Å². The van der Waals surface area contributed by atoms with Gasteiger partial charge in [-0.1, -0.05) is 0 Å². The molecule has 1 fully saturated rings. The molecule has 5 heteroatoms. The molecule has 0 bridgehead atoms. The highest BCUT2D eigenvalue weighted by Gasteiger charge is 2.15. The van der Waals surface area contributed by atoms with Crippen LogP contribution in [0.25, 0.3) is 0 Å². The average molecular weight is 217 g/mol. The fourth-order valence-electron chi connectivity index (χ4n) is 1.38. The minimum Gasteiger partial charge on any atom is -0.338 e. The second-order valence-corrected chi connectivity index (χ2v) is 4.82. The predicted octanol–water partition coefficient (Wildman–Crippen LogP) is 0.530. The topological polar surface area (TPSA) is 67.1 Å². The Morgan fingerprint density at radius 1 is 1.50 bits per heavy atom. The van der Waals surface area contributed by atoms with Gasteiger partial charge in [-0.05, 0) is 31.6 Å². The number of urea groups is 1. The van der Waals surface area contributed by atoms with E-state index in [1.165, 1.54) is 18.6 Å². The van der Waals surface area contributed by atoms with Gasteiger partial charge in [-0.25, -0.2) is 4.79 Å². The first-order valence-corrected chi connectivity index (χ1v) is 6.21. The summed E-state index contributed by atoms with van der Waals surface area (Å²) in [5.41, 5.74) is 5.31. The zero-order chi connectivity index (χ0) is 10.2. The van der Waals surface area contributed by atoms with Crippen molar-refractivity contribution in [2.75, 3.05) is 25.4 Å². The lowest BCUT2D eigenvalue weighted by molar-refractivity contribution is 0.241. The standard InChI is InChI=1S/C9H19N3OS/c10-4-2-5-11-9(13)12-7-8-3-1-6-14-8/h8H,1-7,10H2,(H2,11,12,13). The monoisotopic (exact) mass is 217 g/mol. The van der Waals surface area contributed by atoms with E-state index in [1.54, 1.807) is 0 Å². The molecule has 2 amide bonds. The van der Waals surface area contributed by atoms with Crippen LogP contribution >= 0.6 is 11.8 Å². The lowest BCUT2D eigenvalue weighted by atomic mass is 10.2. The van der Waals surface area contributed by atoms with Crippen LogP contribution in [0, 0.1) is 0 Å². The van der Waals surface area contributed by atoms with Gasteiger partial charge in [0.05, 0.1) is 0 Å². The number of amides is 2. The molecule has 0 aromatic carbocycles. The fraction of sp³-hybridized carbons (Fsp3) is 0.889. The summed E-state index contributed by atoms with van der Waals surface area (Å²) in [7, 11) is 0. The molecule has 0 radical (unpaired) electrons. The number of carbonyl (C=O) groups excluding carboxylic acids is 1. The molecule has 1 saturated heterocycles. The highest BCUT2D eigenvalue weighted by molar-refractivity contribution is 8.00. The Bertz CT molecular complexity index is 171. The molecule has 1 unspecified atom stereocenters. The minimum atomic E-state index is -0.0639. The largest absolute Gasteiger partial charge is 0.338 e. The average Bonchev–Trinajstić information content (AvgIpc) is 2.68. The Balaban J connectivity index is 1.96. The van der Waals surface area contributed by atoms with Crippen molar-refractivity contribution >= 4 is 17.8 Å². The Hall–Kier alpha value is -0.420. The van der Waals surface area contributed by atoms with Crippen LogP contribution in [-0.2, 0) is 0 Å². The van der Waals surface area contributed by atoms with Gasteiger partial charge in [0.2, 0.25) is 0 Å². The molecule has 0 spiro atoms. The number of hydrogen-bond acceptors (Lipinski definition) is 3. The van der Waals surface area contributed by atoms with Crippen LogP contribution in [0.4, 0.5) is 4.79 Å². The molecule has 1 heterocycles. The van der Waals surface area contributed by atoms with Gasteiger partial charge in [-0.15, -0.1) is 0 Å². The van der Waals surface area contributed by atoms with E-state index in [1.807, 2.05) is 11.8 Å². The van der Waals surface area contributed by atoms with E-state index < -0.39 is 0 Å². The molecule has 1 atom stereocenters. The molecule has 4 N–H and O–H groups in total. The summed E-state index contributed by atoms with van der Waals surface area (Å²) in [5, 5.41) is 6.26. The van der Waals surface area contributed by atoms with Gasteiger partial charge in [0.25, 0.3) is 0 Å². The molecule has 1 aliphatic heterocycles. The number of thioether (sulfide) groups is 1. The first-order chi connectivity index (χ1) is 6.83. The van der Waals surface area contributed by atoms with Crippen molar-refractivity contribution in [2.45, 2.75) is 24.5 Å². The Kier molecular flexibility index (Phi) is 5.78. The second kappa shape index (κ2) is 6.95. The van der Waals surface area contributed by atoms with Crippen LogP contribution < -0.4 is 16.4 Å². The third-order valence-electron chi connectivity index (χ3n) is 2.18. The summed E-state index contributed by atoms with van der Waals surface area (Å²) < 4.78 is 0. The lowest BCUT2D eigenvalue weighted by Crippen LogP contribution is -2.39. The minimum absolute atomic E-state index is 0.0639. The number of hydrogen-bond donors (Lipinski definition) is 3. The van der Waals surface area contributed by atoms with Gasteiger partial charge < -0.3 is 16.4 Å². The van der Waals surface area contributed by atoms with Crippen molar-refractivity contribution in [1.29, 1.82) is 0 Å². The van der Waals surface area contributed by atoms with Crippen molar-refractivity contribution in [3.05, 3.63) is 0 Å². The van der Waals surface area contributed by atoms with E-state index in [0.717, 1.165) is 13.0 Å². The third kappa shape index (κ3) is 4.72.